The molecule has 2 aromatic rings. The van der Waals surface area contributed by atoms with Gasteiger partial charge in [0.05, 0.1) is 5.56 Å². The minimum atomic E-state index is -1.00. The molecule has 2 heterocycles. The Hall–Kier alpha value is -1.89. The summed E-state index contributed by atoms with van der Waals surface area (Å²) in [6.07, 6.45) is 4.43. The van der Waals surface area contributed by atoms with E-state index >= 15 is 0 Å². The summed E-state index contributed by atoms with van der Waals surface area (Å²) in [5.74, 6) is -1.00. The third-order valence-electron chi connectivity index (χ3n) is 1.88. The van der Waals surface area contributed by atoms with E-state index < -0.39 is 5.97 Å². The average molecular weight is 236 g/mol. The lowest BCUT2D eigenvalue weighted by Gasteiger charge is -2.03. The molecular weight excluding hydrogens is 228 g/mol. The van der Waals surface area contributed by atoms with Crippen molar-refractivity contribution in [2.24, 2.45) is 7.05 Å². The number of carbonyl (C=O) groups is 1. The predicted molar refractivity (Wildman–Crippen MR) is 56.3 cm³/mol. The zero-order chi connectivity index (χ0) is 11.5. The van der Waals surface area contributed by atoms with Gasteiger partial charge in [0, 0.05) is 24.3 Å². The van der Waals surface area contributed by atoms with Crippen molar-refractivity contribution in [2.45, 2.75) is 10.1 Å². The summed E-state index contributed by atoms with van der Waals surface area (Å²) in [7, 11) is 1.80. The van der Waals surface area contributed by atoms with Gasteiger partial charge in [-0.3, -0.25) is 4.98 Å². The Morgan fingerprint density at radius 2 is 2.38 bits per heavy atom. The van der Waals surface area contributed by atoms with E-state index in [2.05, 4.69) is 15.2 Å². The first-order chi connectivity index (χ1) is 7.68. The van der Waals surface area contributed by atoms with Crippen LogP contribution in [0.5, 0.6) is 0 Å². The highest BCUT2D eigenvalue weighted by atomic mass is 32.2. The smallest absolute Gasteiger partial charge is 0.338 e. The monoisotopic (exact) mass is 236 g/mol. The number of hydrogen-bond acceptors (Lipinski definition) is 5. The van der Waals surface area contributed by atoms with Gasteiger partial charge in [-0.1, -0.05) is 0 Å². The maximum absolute atomic E-state index is 10.9. The van der Waals surface area contributed by atoms with Gasteiger partial charge in [0.2, 0.25) is 0 Å². The molecule has 7 heteroatoms. The molecule has 0 aliphatic heterocycles. The first-order valence-electron chi connectivity index (χ1n) is 4.37. The van der Waals surface area contributed by atoms with Crippen LogP contribution in [0.2, 0.25) is 0 Å². The van der Waals surface area contributed by atoms with E-state index in [9.17, 15) is 4.79 Å². The molecule has 0 amide bonds. The lowest BCUT2D eigenvalue weighted by molar-refractivity contribution is 0.0692. The second-order valence-corrected chi connectivity index (χ2v) is 4.01. The number of rotatable bonds is 3. The van der Waals surface area contributed by atoms with Gasteiger partial charge in [0.1, 0.15) is 6.33 Å². The molecule has 0 spiro atoms. The second kappa shape index (κ2) is 4.31. The van der Waals surface area contributed by atoms with E-state index in [4.69, 9.17) is 5.11 Å². The van der Waals surface area contributed by atoms with Crippen LogP contribution in [-0.2, 0) is 7.05 Å². The van der Waals surface area contributed by atoms with E-state index in [1.165, 1.54) is 18.0 Å². The van der Waals surface area contributed by atoms with Crippen LogP contribution in [0.1, 0.15) is 10.4 Å². The van der Waals surface area contributed by atoms with E-state index in [1.807, 2.05) is 0 Å². The minimum absolute atomic E-state index is 0.163. The summed E-state index contributed by atoms with van der Waals surface area (Å²) >= 11 is 1.24. The molecule has 0 bridgehead atoms. The highest BCUT2D eigenvalue weighted by Gasteiger charge is 2.13. The van der Waals surface area contributed by atoms with E-state index in [0.29, 0.717) is 10.1 Å². The van der Waals surface area contributed by atoms with Crippen LogP contribution in [-0.4, -0.2) is 30.8 Å². The highest BCUT2D eigenvalue weighted by Crippen LogP contribution is 2.27. The zero-order valence-corrected chi connectivity index (χ0v) is 9.18. The minimum Gasteiger partial charge on any atom is -0.478 e. The molecule has 16 heavy (non-hydrogen) atoms. The normalized spacial score (nSPS) is 10.3. The van der Waals surface area contributed by atoms with Gasteiger partial charge in [-0.2, -0.15) is 0 Å². The van der Waals surface area contributed by atoms with Crippen molar-refractivity contribution in [3.05, 3.63) is 30.4 Å². The van der Waals surface area contributed by atoms with E-state index in [-0.39, 0.29) is 5.56 Å². The second-order valence-electron chi connectivity index (χ2n) is 3.00. The standard InChI is InChI=1S/C9H8N4O2S/c1-13-5-11-12-9(13)16-7-2-3-10-4-6(7)8(14)15/h2-5H,1H3,(H,14,15). The lowest BCUT2D eigenvalue weighted by Crippen LogP contribution is -2.00. The molecule has 82 valence electrons. The van der Waals surface area contributed by atoms with Gasteiger partial charge in [-0.05, 0) is 17.8 Å². The van der Waals surface area contributed by atoms with Crippen molar-refractivity contribution in [3.8, 4) is 0 Å². The Bertz CT molecular complexity index is 526. The Balaban J connectivity index is 2.35. The molecule has 0 saturated carbocycles. The number of aromatic carboxylic acids is 1. The molecule has 6 nitrogen and oxygen atoms in total. The first-order valence-corrected chi connectivity index (χ1v) is 5.19. The maximum atomic E-state index is 10.9. The van der Waals surface area contributed by atoms with Crippen LogP contribution in [0.4, 0.5) is 0 Å². The number of aromatic nitrogens is 4. The molecular formula is C9H8N4O2S. The zero-order valence-electron chi connectivity index (χ0n) is 8.36. The number of carboxylic acids is 1. The molecule has 0 atom stereocenters. The lowest BCUT2D eigenvalue weighted by atomic mass is 10.3. The molecule has 0 saturated heterocycles. The summed E-state index contributed by atoms with van der Waals surface area (Å²) in [6, 6.07) is 1.64. The van der Waals surface area contributed by atoms with Crippen LogP contribution in [0.15, 0.2) is 34.8 Å². The fourth-order valence-corrected chi connectivity index (χ4v) is 1.95. The van der Waals surface area contributed by atoms with Gasteiger partial charge in [-0.15, -0.1) is 10.2 Å². The molecule has 0 aliphatic carbocycles. The molecule has 0 aromatic carbocycles. The fourth-order valence-electron chi connectivity index (χ4n) is 1.09. The third kappa shape index (κ3) is 2.03. The van der Waals surface area contributed by atoms with E-state index in [0.717, 1.165) is 0 Å². The molecule has 0 fully saturated rings. The highest BCUT2D eigenvalue weighted by molar-refractivity contribution is 7.99. The van der Waals surface area contributed by atoms with Gasteiger partial charge in [0.25, 0.3) is 0 Å². The van der Waals surface area contributed by atoms with Crippen LogP contribution < -0.4 is 0 Å². The molecule has 2 aromatic heterocycles. The SMILES string of the molecule is Cn1cnnc1Sc1ccncc1C(=O)O. The predicted octanol–water partition coefficient (Wildman–Crippen LogP) is 1.06. The van der Waals surface area contributed by atoms with Gasteiger partial charge in [-0.25, -0.2) is 4.79 Å². The molecule has 0 unspecified atom stereocenters. The summed E-state index contributed by atoms with van der Waals surface area (Å²) in [6.45, 7) is 0. The van der Waals surface area contributed by atoms with Crippen molar-refractivity contribution in [1.82, 2.24) is 19.7 Å². The van der Waals surface area contributed by atoms with Crippen molar-refractivity contribution in [3.63, 3.8) is 0 Å². The van der Waals surface area contributed by atoms with E-state index in [1.54, 1.807) is 30.2 Å². The van der Waals surface area contributed by atoms with Crippen LogP contribution in [0.25, 0.3) is 0 Å². The van der Waals surface area contributed by atoms with Gasteiger partial charge < -0.3 is 9.67 Å². The molecule has 0 radical (unpaired) electrons. The summed E-state index contributed by atoms with van der Waals surface area (Å²) in [4.78, 5) is 15.3. The summed E-state index contributed by atoms with van der Waals surface area (Å²) in [5.41, 5.74) is 0.163. The third-order valence-corrected chi connectivity index (χ3v) is 3.01. The van der Waals surface area contributed by atoms with Crippen LogP contribution >= 0.6 is 11.8 Å². The quantitative estimate of drug-likeness (QED) is 0.858. The summed E-state index contributed by atoms with van der Waals surface area (Å²) in [5, 5.41) is 17.2. The number of carboxylic acid groups (broad SMARTS) is 1. The Morgan fingerprint density at radius 1 is 1.56 bits per heavy atom. The largest absolute Gasteiger partial charge is 0.478 e. The van der Waals surface area contributed by atoms with Crippen molar-refractivity contribution in [1.29, 1.82) is 0 Å². The number of aryl methyl sites for hydroxylation is 1. The maximum Gasteiger partial charge on any atom is 0.338 e. The van der Waals surface area contributed by atoms with Crippen LogP contribution in [0, 0.1) is 0 Å². The number of pyridine rings is 1. The molecule has 2 rings (SSSR count). The van der Waals surface area contributed by atoms with Crippen molar-refractivity contribution >= 4 is 17.7 Å². The number of nitrogens with zero attached hydrogens (tertiary/aromatic N) is 4. The first kappa shape index (κ1) is 10.6. The topological polar surface area (TPSA) is 80.9 Å². The fraction of sp³-hybridized carbons (Fsp3) is 0.111. The van der Waals surface area contributed by atoms with Crippen molar-refractivity contribution < 1.29 is 9.90 Å². The van der Waals surface area contributed by atoms with Crippen molar-refractivity contribution in [2.75, 3.05) is 0 Å². The Labute approximate surface area is 95.3 Å². The average Bonchev–Trinajstić information content (AvgIpc) is 2.65. The van der Waals surface area contributed by atoms with Gasteiger partial charge in [0.15, 0.2) is 5.16 Å². The number of hydrogen-bond donors (Lipinski definition) is 1. The Morgan fingerprint density at radius 3 is 3.00 bits per heavy atom. The Kier molecular flexibility index (Phi) is 2.86. The van der Waals surface area contributed by atoms with Gasteiger partial charge >= 0.3 is 5.97 Å². The molecule has 0 aliphatic rings. The summed E-state index contributed by atoms with van der Waals surface area (Å²) < 4.78 is 1.72. The van der Waals surface area contributed by atoms with Crippen LogP contribution in [0.3, 0.4) is 0 Å². The molecule has 1 N–H and O–H groups in total.